The Hall–Kier alpha value is -0.790. The molecule has 0 rings (SSSR count). The van der Waals surface area contributed by atoms with Crippen LogP contribution in [0.4, 0.5) is 0 Å². The lowest BCUT2D eigenvalue weighted by atomic mass is 9.95. The Morgan fingerprint density at radius 1 is 0.950 bits per heavy atom. The van der Waals surface area contributed by atoms with Gasteiger partial charge in [0.05, 0.1) is 6.61 Å². The summed E-state index contributed by atoms with van der Waals surface area (Å²) in [5, 5.41) is 0. The molecule has 0 radical (unpaired) electrons. The molecule has 0 aromatic rings. The minimum atomic E-state index is -0.239. The van der Waals surface area contributed by atoms with Crippen molar-refractivity contribution in [2.45, 2.75) is 85.0 Å². The third kappa shape index (κ3) is 11.1. The number of unbranched alkanes of at least 4 members (excludes halogenated alkanes) is 6. The van der Waals surface area contributed by atoms with Crippen LogP contribution in [0.5, 0.6) is 0 Å². The summed E-state index contributed by atoms with van der Waals surface area (Å²) in [6, 6.07) is 0. The number of carbonyl (C=O) groups is 1. The van der Waals surface area contributed by atoms with Crippen molar-refractivity contribution in [2.75, 3.05) is 6.61 Å². The van der Waals surface area contributed by atoms with Crippen LogP contribution in [0.15, 0.2) is 12.2 Å². The largest absolute Gasteiger partial charge is 0.462 e. The van der Waals surface area contributed by atoms with Crippen molar-refractivity contribution in [3.8, 4) is 0 Å². The van der Waals surface area contributed by atoms with Gasteiger partial charge in [-0.3, -0.25) is 0 Å². The van der Waals surface area contributed by atoms with E-state index in [1.807, 2.05) is 0 Å². The third-order valence-electron chi connectivity index (χ3n) is 3.73. The van der Waals surface area contributed by atoms with Crippen LogP contribution in [0.25, 0.3) is 0 Å². The van der Waals surface area contributed by atoms with Gasteiger partial charge in [-0.15, -0.1) is 0 Å². The van der Waals surface area contributed by atoms with Crippen LogP contribution in [0.3, 0.4) is 0 Å². The number of hydrogen-bond donors (Lipinski definition) is 0. The Morgan fingerprint density at radius 2 is 1.45 bits per heavy atom. The molecule has 2 heteroatoms. The summed E-state index contributed by atoms with van der Waals surface area (Å²) in [5.41, 5.74) is 0.500. The molecule has 118 valence electrons. The second-order valence-electron chi connectivity index (χ2n) is 5.94. The van der Waals surface area contributed by atoms with Crippen LogP contribution in [0.2, 0.25) is 0 Å². The maximum absolute atomic E-state index is 11.5. The quantitative estimate of drug-likeness (QED) is 0.247. The highest BCUT2D eigenvalue weighted by molar-refractivity contribution is 5.86. The summed E-state index contributed by atoms with van der Waals surface area (Å²) in [4.78, 5) is 11.5. The highest BCUT2D eigenvalue weighted by Crippen LogP contribution is 2.19. The molecule has 0 amide bonds. The SMILES string of the molecule is C=C(C)C(=O)OCC(CCCCC)CCCCCCC. The molecule has 2 nitrogen and oxygen atoms in total. The minimum absolute atomic E-state index is 0.239. The number of ether oxygens (including phenoxy) is 1. The van der Waals surface area contributed by atoms with Gasteiger partial charge in [0.1, 0.15) is 0 Å². The molecule has 0 aliphatic carbocycles. The highest BCUT2D eigenvalue weighted by atomic mass is 16.5. The van der Waals surface area contributed by atoms with E-state index in [0.29, 0.717) is 18.1 Å². The van der Waals surface area contributed by atoms with Crippen molar-refractivity contribution < 1.29 is 9.53 Å². The summed E-state index contributed by atoms with van der Waals surface area (Å²) < 4.78 is 5.34. The van der Waals surface area contributed by atoms with Crippen LogP contribution in [0, 0.1) is 5.92 Å². The molecule has 1 unspecified atom stereocenters. The molecule has 0 aliphatic rings. The molecule has 0 N–H and O–H groups in total. The van der Waals surface area contributed by atoms with Gasteiger partial charge >= 0.3 is 5.97 Å². The fraction of sp³-hybridized carbons (Fsp3) is 0.833. The monoisotopic (exact) mass is 282 g/mol. The Balaban J connectivity index is 3.93. The van der Waals surface area contributed by atoms with E-state index in [9.17, 15) is 4.79 Å². The molecular weight excluding hydrogens is 248 g/mol. The molecule has 0 aromatic heterocycles. The first-order valence-electron chi connectivity index (χ1n) is 8.44. The van der Waals surface area contributed by atoms with Gasteiger partial charge in [0.15, 0.2) is 0 Å². The van der Waals surface area contributed by atoms with E-state index >= 15 is 0 Å². The van der Waals surface area contributed by atoms with Crippen LogP contribution < -0.4 is 0 Å². The lowest BCUT2D eigenvalue weighted by Crippen LogP contribution is -2.15. The maximum atomic E-state index is 11.5. The van der Waals surface area contributed by atoms with Gasteiger partial charge in [-0.05, 0) is 25.7 Å². The summed E-state index contributed by atoms with van der Waals surface area (Å²) in [6.07, 6.45) is 12.7. The smallest absolute Gasteiger partial charge is 0.333 e. The van der Waals surface area contributed by atoms with Gasteiger partial charge in [-0.2, -0.15) is 0 Å². The summed E-state index contributed by atoms with van der Waals surface area (Å²) in [5.74, 6) is 0.294. The molecule has 0 spiro atoms. The molecule has 0 heterocycles. The van der Waals surface area contributed by atoms with Crippen LogP contribution in [-0.4, -0.2) is 12.6 Å². The van der Waals surface area contributed by atoms with Gasteiger partial charge in [-0.1, -0.05) is 71.8 Å². The number of hydrogen-bond acceptors (Lipinski definition) is 2. The first-order valence-corrected chi connectivity index (χ1v) is 8.44. The van der Waals surface area contributed by atoms with Gasteiger partial charge in [0.2, 0.25) is 0 Å². The fourth-order valence-electron chi connectivity index (χ4n) is 2.35. The van der Waals surface area contributed by atoms with E-state index in [4.69, 9.17) is 4.74 Å². The molecular formula is C18H34O2. The standard InChI is InChI=1S/C18H34O2/c1-5-7-9-10-12-14-17(13-11-8-6-2)15-20-18(19)16(3)4/h17H,3,5-15H2,1-2,4H3. The van der Waals surface area contributed by atoms with E-state index in [1.165, 1.54) is 64.2 Å². The zero-order valence-electron chi connectivity index (χ0n) is 13.9. The Kier molecular flexibility index (Phi) is 12.7. The zero-order chi connectivity index (χ0) is 15.2. The van der Waals surface area contributed by atoms with Gasteiger partial charge < -0.3 is 4.74 Å². The van der Waals surface area contributed by atoms with E-state index in [-0.39, 0.29) is 5.97 Å². The first kappa shape index (κ1) is 19.2. The average Bonchev–Trinajstić information content (AvgIpc) is 2.43. The second kappa shape index (κ2) is 13.2. The summed E-state index contributed by atoms with van der Waals surface area (Å²) >= 11 is 0. The number of carbonyl (C=O) groups excluding carboxylic acids is 1. The summed E-state index contributed by atoms with van der Waals surface area (Å²) in [6.45, 7) is 10.4. The normalized spacial score (nSPS) is 12.2. The number of rotatable bonds is 13. The fourth-order valence-corrected chi connectivity index (χ4v) is 2.35. The maximum Gasteiger partial charge on any atom is 0.333 e. The zero-order valence-corrected chi connectivity index (χ0v) is 13.9. The van der Waals surface area contributed by atoms with Crippen molar-refractivity contribution in [1.29, 1.82) is 0 Å². The molecule has 1 atom stereocenters. The van der Waals surface area contributed by atoms with Crippen molar-refractivity contribution in [3.05, 3.63) is 12.2 Å². The Morgan fingerprint density at radius 3 is 2.00 bits per heavy atom. The van der Waals surface area contributed by atoms with Gasteiger partial charge in [0, 0.05) is 5.57 Å². The van der Waals surface area contributed by atoms with E-state index < -0.39 is 0 Å². The van der Waals surface area contributed by atoms with Crippen LogP contribution in [-0.2, 0) is 9.53 Å². The molecule has 0 fully saturated rings. The van der Waals surface area contributed by atoms with Crippen LogP contribution in [0.1, 0.15) is 85.0 Å². The van der Waals surface area contributed by atoms with Crippen molar-refractivity contribution in [3.63, 3.8) is 0 Å². The van der Waals surface area contributed by atoms with E-state index in [0.717, 1.165) is 0 Å². The average molecular weight is 282 g/mol. The Bertz CT molecular complexity index is 258. The molecule has 0 aromatic carbocycles. The predicted octanol–water partition coefficient (Wildman–Crippen LogP) is 5.66. The molecule has 0 aliphatic heterocycles. The number of esters is 1. The van der Waals surface area contributed by atoms with E-state index in [1.54, 1.807) is 6.92 Å². The molecule has 0 saturated carbocycles. The first-order chi connectivity index (χ1) is 9.61. The van der Waals surface area contributed by atoms with Crippen LogP contribution >= 0.6 is 0 Å². The van der Waals surface area contributed by atoms with Crippen molar-refractivity contribution in [2.24, 2.45) is 5.92 Å². The second-order valence-corrected chi connectivity index (χ2v) is 5.94. The third-order valence-corrected chi connectivity index (χ3v) is 3.73. The summed E-state index contributed by atoms with van der Waals surface area (Å²) in [7, 11) is 0. The predicted molar refractivity (Wildman–Crippen MR) is 86.8 cm³/mol. The lowest BCUT2D eigenvalue weighted by Gasteiger charge is -2.17. The minimum Gasteiger partial charge on any atom is -0.462 e. The van der Waals surface area contributed by atoms with Gasteiger partial charge in [-0.25, -0.2) is 4.79 Å². The van der Waals surface area contributed by atoms with Crippen molar-refractivity contribution >= 4 is 5.97 Å². The molecule has 20 heavy (non-hydrogen) atoms. The van der Waals surface area contributed by atoms with Crippen molar-refractivity contribution in [1.82, 2.24) is 0 Å². The molecule has 0 saturated heterocycles. The Labute approximate surface area is 126 Å². The van der Waals surface area contributed by atoms with E-state index in [2.05, 4.69) is 20.4 Å². The topological polar surface area (TPSA) is 26.3 Å². The molecule has 0 bridgehead atoms. The van der Waals surface area contributed by atoms with Gasteiger partial charge in [0.25, 0.3) is 0 Å². The lowest BCUT2D eigenvalue weighted by molar-refractivity contribution is -0.140. The highest BCUT2D eigenvalue weighted by Gasteiger charge is 2.12.